The predicted molar refractivity (Wildman–Crippen MR) is 85.9 cm³/mol. The van der Waals surface area contributed by atoms with Crippen LogP contribution < -0.4 is 0 Å². The Labute approximate surface area is 138 Å². The van der Waals surface area contributed by atoms with Gasteiger partial charge in [0.15, 0.2) is 18.3 Å². The van der Waals surface area contributed by atoms with Gasteiger partial charge in [0.2, 0.25) is 0 Å². The molecule has 23 heavy (non-hydrogen) atoms. The number of thiazole rings is 1. The molecule has 0 fully saturated rings. The SMILES string of the molecule is Cc1csc([C@H](C#N)C(=O)COC(=O)CCc2ccccc2)n1. The average Bonchev–Trinajstić information content (AvgIpc) is 2.98. The van der Waals surface area contributed by atoms with Crippen LogP contribution in [0.2, 0.25) is 0 Å². The van der Waals surface area contributed by atoms with E-state index >= 15 is 0 Å². The van der Waals surface area contributed by atoms with Gasteiger partial charge in [-0.3, -0.25) is 9.59 Å². The maximum Gasteiger partial charge on any atom is 0.306 e. The number of ketones is 1. The summed E-state index contributed by atoms with van der Waals surface area (Å²) in [5.41, 5.74) is 1.79. The highest BCUT2D eigenvalue weighted by Crippen LogP contribution is 2.20. The standard InChI is InChI=1S/C17H16N2O3S/c1-12-11-23-17(19-12)14(9-18)15(20)10-22-16(21)8-7-13-5-3-2-4-6-13/h2-6,11,14H,7-8,10H2,1H3/t14-/m1/s1. The van der Waals surface area contributed by atoms with Crippen molar-refractivity contribution in [1.82, 2.24) is 4.98 Å². The number of rotatable bonds is 7. The maximum atomic E-state index is 12.0. The zero-order valence-corrected chi connectivity index (χ0v) is 13.5. The molecule has 0 saturated carbocycles. The molecule has 0 aliphatic carbocycles. The van der Waals surface area contributed by atoms with Crippen molar-refractivity contribution in [3.05, 3.63) is 52.0 Å². The van der Waals surface area contributed by atoms with Gasteiger partial charge in [0.05, 0.1) is 6.07 Å². The summed E-state index contributed by atoms with van der Waals surface area (Å²) in [6, 6.07) is 11.5. The Balaban J connectivity index is 1.81. The lowest BCUT2D eigenvalue weighted by Gasteiger charge is -2.07. The van der Waals surface area contributed by atoms with Crippen molar-refractivity contribution in [2.24, 2.45) is 0 Å². The first kappa shape index (κ1) is 16.8. The molecule has 6 heteroatoms. The largest absolute Gasteiger partial charge is 0.458 e. The van der Waals surface area contributed by atoms with E-state index in [1.54, 1.807) is 12.3 Å². The second-order valence-corrected chi connectivity index (χ2v) is 5.89. The number of Topliss-reactive ketones (excluding diaryl/α,β-unsaturated/α-hetero) is 1. The van der Waals surface area contributed by atoms with E-state index in [9.17, 15) is 9.59 Å². The summed E-state index contributed by atoms with van der Waals surface area (Å²) in [6.45, 7) is 1.40. The van der Waals surface area contributed by atoms with Crippen LogP contribution in [0.3, 0.4) is 0 Å². The van der Waals surface area contributed by atoms with Crippen LogP contribution in [0, 0.1) is 18.3 Å². The molecule has 2 rings (SSSR count). The number of aryl methyl sites for hydroxylation is 2. The molecule has 1 aromatic carbocycles. The van der Waals surface area contributed by atoms with Crippen molar-refractivity contribution >= 4 is 23.1 Å². The topological polar surface area (TPSA) is 80.0 Å². The van der Waals surface area contributed by atoms with Crippen LogP contribution in [-0.2, 0) is 20.7 Å². The predicted octanol–water partition coefficient (Wildman–Crippen LogP) is 2.80. The van der Waals surface area contributed by atoms with Crippen molar-refractivity contribution < 1.29 is 14.3 Å². The zero-order chi connectivity index (χ0) is 16.7. The molecule has 0 radical (unpaired) electrons. The molecule has 1 aromatic heterocycles. The van der Waals surface area contributed by atoms with Gasteiger partial charge in [-0.2, -0.15) is 5.26 Å². The zero-order valence-electron chi connectivity index (χ0n) is 12.7. The maximum absolute atomic E-state index is 12.0. The highest BCUT2D eigenvalue weighted by molar-refractivity contribution is 7.09. The van der Waals surface area contributed by atoms with Gasteiger partial charge in [0, 0.05) is 17.5 Å². The van der Waals surface area contributed by atoms with Gasteiger partial charge in [-0.15, -0.1) is 11.3 Å². The van der Waals surface area contributed by atoms with Crippen molar-refractivity contribution in [3.63, 3.8) is 0 Å². The van der Waals surface area contributed by atoms with Gasteiger partial charge < -0.3 is 4.74 Å². The summed E-state index contributed by atoms with van der Waals surface area (Å²) < 4.78 is 4.97. The van der Waals surface area contributed by atoms with Crippen molar-refractivity contribution in [1.29, 1.82) is 5.26 Å². The quantitative estimate of drug-likeness (QED) is 0.730. The van der Waals surface area contributed by atoms with Gasteiger partial charge in [0.1, 0.15) is 5.01 Å². The lowest BCUT2D eigenvalue weighted by atomic mass is 10.1. The number of nitriles is 1. The number of benzene rings is 1. The minimum absolute atomic E-state index is 0.199. The molecule has 1 heterocycles. The molecule has 1 atom stereocenters. The van der Waals surface area contributed by atoms with Gasteiger partial charge in [-0.05, 0) is 18.9 Å². The first-order valence-corrected chi connectivity index (χ1v) is 8.02. The van der Waals surface area contributed by atoms with E-state index in [2.05, 4.69) is 4.98 Å². The summed E-state index contributed by atoms with van der Waals surface area (Å²) in [7, 11) is 0. The molecule has 5 nitrogen and oxygen atoms in total. The molecule has 2 aromatic rings. The molecule has 0 spiro atoms. The molecule has 0 bridgehead atoms. The highest BCUT2D eigenvalue weighted by Gasteiger charge is 2.24. The van der Waals surface area contributed by atoms with Crippen LogP contribution in [0.25, 0.3) is 0 Å². The third-order valence-corrected chi connectivity index (χ3v) is 4.20. The Bertz CT molecular complexity index is 719. The molecule has 0 aliphatic heterocycles. The molecular formula is C17H16N2O3S. The molecule has 118 valence electrons. The number of esters is 1. The fraction of sp³-hybridized carbons (Fsp3) is 0.294. The summed E-state index contributed by atoms with van der Waals surface area (Å²) in [5.74, 6) is -1.88. The number of carbonyl (C=O) groups is 2. The van der Waals surface area contributed by atoms with Crippen molar-refractivity contribution in [2.75, 3.05) is 6.61 Å². The van der Waals surface area contributed by atoms with Crippen LogP contribution in [0.5, 0.6) is 0 Å². The normalized spacial score (nSPS) is 11.5. The van der Waals surface area contributed by atoms with E-state index in [4.69, 9.17) is 10.00 Å². The van der Waals surface area contributed by atoms with E-state index in [-0.39, 0.29) is 6.42 Å². The van der Waals surface area contributed by atoms with Crippen molar-refractivity contribution in [2.45, 2.75) is 25.7 Å². The van der Waals surface area contributed by atoms with Gasteiger partial charge >= 0.3 is 5.97 Å². The van der Waals surface area contributed by atoms with Crippen LogP contribution in [0.4, 0.5) is 0 Å². The third-order valence-electron chi connectivity index (χ3n) is 3.17. The Morgan fingerprint density at radius 1 is 1.35 bits per heavy atom. The second kappa shape index (κ2) is 8.20. The minimum Gasteiger partial charge on any atom is -0.458 e. The molecule has 0 N–H and O–H groups in total. The number of nitrogens with zero attached hydrogens (tertiary/aromatic N) is 2. The first-order valence-electron chi connectivity index (χ1n) is 7.14. The summed E-state index contributed by atoms with van der Waals surface area (Å²) in [4.78, 5) is 27.9. The van der Waals surface area contributed by atoms with E-state index in [0.717, 1.165) is 11.3 Å². The summed E-state index contributed by atoms with van der Waals surface area (Å²) in [5, 5.41) is 11.3. The lowest BCUT2D eigenvalue weighted by Crippen LogP contribution is -2.20. The summed E-state index contributed by atoms with van der Waals surface area (Å²) >= 11 is 1.26. The number of ether oxygens (including phenoxy) is 1. The van der Waals surface area contributed by atoms with Crippen LogP contribution in [0.1, 0.15) is 28.6 Å². The van der Waals surface area contributed by atoms with E-state index in [0.29, 0.717) is 11.4 Å². The number of aromatic nitrogens is 1. The van der Waals surface area contributed by atoms with Gasteiger partial charge in [0.25, 0.3) is 0 Å². The average molecular weight is 328 g/mol. The Kier molecular flexibility index (Phi) is 6.01. The molecule has 0 unspecified atom stereocenters. The number of hydrogen-bond acceptors (Lipinski definition) is 6. The Morgan fingerprint density at radius 3 is 2.70 bits per heavy atom. The van der Waals surface area contributed by atoms with E-state index in [1.165, 1.54) is 11.3 Å². The smallest absolute Gasteiger partial charge is 0.306 e. The second-order valence-electron chi connectivity index (χ2n) is 5.00. The van der Waals surface area contributed by atoms with E-state index < -0.39 is 24.3 Å². The number of carbonyl (C=O) groups excluding carboxylic acids is 2. The van der Waals surface area contributed by atoms with Crippen LogP contribution in [-0.4, -0.2) is 23.3 Å². The molecule has 0 amide bonds. The summed E-state index contributed by atoms with van der Waals surface area (Å²) in [6.07, 6.45) is 0.756. The van der Waals surface area contributed by atoms with Crippen LogP contribution >= 0.6 is 11.3 Å². The minimum atomic E-state index is -0.976. The Morgan fingerprint density at radius 2 is 2.09 bits per heavy atom. The fourth-order valence-corrected chi connectivity index (χ4v) is 2.83. The first-order chi connectivity index (χ1) is 11.1. The van der Waals surface area contributed by atoms with E-state index in [1.807, 2.05) is 36.4 Å². The highest BCUT2D eigenvalue weighted by atomic mass is 32.1. The molecule has 0 saturated heterocycles. The van der Waals surface area contributed by atoms with Gasteiger partial charge in [-0.25, -0.2) is 4.98 Å². The van der Waals surface area contributed by atoms with Gasteiger partial charge in [-0.1, -0.05) is 30.3 Å². The van der Waals surface area contributed by atoms with Crippen LogP contribution in [0.15, 0.2) is 35.7 Å². The molecular weight excluding hydrogens is 312 g/mol. The third kappa shape index (κ3) is 5.01. The lowest BCUT2D eigenvalue weighted by molar-refractivity contribution is -0.148. The molecule has 0 aliphatic rings. The number of hydrogen-bond donors (Lipinski definition) is 0. The monoisotopic (exact) mass is 328 g/mol. The fourth-order valence-electron chi connectivity index (χ4n) is 1.97. The van der Waals surface area contributed by atoms with Crippen molar-refractivity contribution in [3.8, 4) is 6.07 Å². The Hall–Kier alpha value is -2.52.